The lowest BCUT2D eigenvalue weighted by atomic mass is 9.94. The molecule has 0 aromatic heterocycles. The van der Waals surface area contributed by atoms with Crippen LogP contribution in [0.25, 0.3) is 0 Å². The fourth-order valence-electron chi connectivity index (χ4n) is 2.87. The average Bonchev–Trinajstić information content (AvgIpc) is 2.60. The van der Waals surface area contributed by atoms with Gasteiger partial charge in [-0.25, -0.2) is 4.39 Å². The van der Waals surface area contributed by atoms with Crippen molar-refractivity contribution in [2.45, 2.75) is 44.7 Å². The summed E-state index contributed by atoms with van der Waals surface area (Å²) in [5.74, 6) is -0.585. The minimum absolute atomic E-state index is 0.0504. The van der Waals surface area contributed by atoms with Gasteiger partial charge >= 0.3 is 0 Å². The van der Waals surface area contributed by atoms with E-state index in [0.717, 1.165) is 25.7 Å². The lowest BCUT2D eigenvalue weighted by Gasteiger charge is -2.31. The van der Waals surface area contributed by atoms with Crippen LogP contribution < -0.4 is 5.32 Å². The van der Waals surface area contributed by atoms with Gasteiger partial charge in [-0.05, 0) is 18.9 Å². The number of nitriles is 1. The highest BCUT2D eigenvalue weighted by atomic mass is 19.1. The van der Waals surface area contributed by atoms with Gasteiger partial charge in [0.1, 0.15) is 17.5 Å². The Morgan fingerprint density at radius 3 is 2.74 bits per heavy atom. The van der Waals surface area contributed by atoms with Crippen LogP contribution in [0.5, 0.6) is 0 Å². The van der Waals surface area contributed by atoms with E-state index in [0.29, 0.717) is 5.56 Å². The highest BCUT2D eigenvalue weighted by Crippen LogP contribution is 2.22. The van der Waals surface area contributed by atoms with Crippen molar-refractivity contribution in [3.8, 4) is 6.07 Å². The summed E-state index contributed by atoms with van der Waals surface area (Å²) in [6, 6.07) is 8.56. The predicted octanol–water partition coefficient (Wildman–Crippen LogP) is 3.11. The third-order valence-electron chi connectivity index (χ3n) is 4.29. The van der Waals surface area contributed by atoms with E-state index >= 15 is 0 Å². The van der Waals surface area contributed by atoms with Crippen molar-refractivity contribution in [3.63, 3.8) is 0 Å². The molecule has 0 bridgehead atoms. The van der Waals surface area contributed by atoms with Crippen LogP contribution in [0, 0.1) is 17.1 Å². The van der Waals surface area contributed by atoms with Crippen molar-refractivity contribution in [2.24, 2.45) is 0 Å². The molecule has 0 saturated heterocycles. The molecule has 1 N–H and O–H groups in total. The average molecular weight is 315 g/mol. The molecule has 0 radical (unpaired) electrons. The number of likely N-dealkylation sites (N-methyl/N-ethyl adjacent to an activating group) is 1. The molecule has 1 aliphatic carbocycles. The molecular formula is C18H22FN3O. The monoisotopic (exact) mass is 315 g/mol. The van der Waals surface area contributed by atoms with E-state index in [1.165, 1.54) is 18.7 Å². The van der Waals surface area contributed by atoms with Crippen LogP contribution in [-0.2, 0) is 11.3 Å². The highest BCUT2D eigenvalue weighted by molar-refractivity contribution is 5.97. The van der Waals surface area contributed by atoms with Crippen LogP contribution in [0.15, 0.2) is 36.0 Å². The molecule has 0 spiro atoms. The van der Waals surface area contributed by atoms with Crippen LogP contribution >= 0.6 is 0 Å². The molecule has 0 atom stereocenters. The first-order valence-corrected chi connectivity index (χ1v) is 7.97. The maximum Gasteiger partial charge on any atom is 0.265 e. The molecule has 0 heterocycles. The number of nitrogens with one attached hydrogen (secondary N) is 1. The number of hydrogen-bond donors (Lipinski definition) is 1. The Bertz CT molecular complexity index is 615. The fourth-order valence-corrected chi connectivity index (χ4v) is 2.87. The molecule has 2 rings (SSSR count). The van der Waals surface area contributed by atoms with Crippen LogP contribution in [0.2, 0.25) is 0 Å². The summed E-state index contributed by atoms with van der Waals surface area (Å²) in [6.07, 6.45) is 6.82. The number of benzene rings is 1. The van der Waals surface area contributed by atoms with E-state index in [1.807, 2.05) is 6.07 Å². The molecule has 5 heteroatoms. The van der Waals surface area contributed by atoms with Crippen LogP contribution in [0.3, 0.4) is 0 Å². The molecule has 1 aliphatic rings. The fraction of sp³-hybridized carbons (Fsp3) is 0.444. The van der Waals surface area contributed by atoms with Gasteiger partial charge in [-0.1, -0.05) is 37.5 Å². The second-order valence-corrected chi connectivity index (χ2v) is 5.85. The van der Waals surface area contributed by atoms with Gasteiger partial charge in [-0.3, -0.25) is 4.79 Å². The van der Waals surface area contributed by atoms with E-state index in [9.17, 15) is 14.4 Å². The number of nitrogens with zero attached hydrogens (tertiary/aromatic N) is 2. The van der Waals surface area contributed by atoms with E-state index in [1.54, 1.807) is 30.1 Å². The molecule has 23 heavy (non-hydrogen) atoms. The lowest BCUT2D eigenvalue weighted by molar-refractivity contribution is -0.128. The summed E-state index contributed by atoms with van der Waals surface area (Å²) in [6.45, 7) is 0.234. The smallest absolute Gasteiger partial charge is 0.265 e. The SMILES string of the molecule is CN(C(=O)/C(C#N)=C\NCc1ccccc1F)C1CCCCC1. The zero-order chi connectivity index (χ0) is 16.7. The zero-order valence-corrected chi connectivity index (χ0v) is 13.4. The Morgan fingerprint density at radius 2 is 2.09 bits per heavy atom. The molecular weight excluding hydrogens is 293 g/mol. The summed E-state index contributed by atoms with van der Waals surface area (Å²) in [5.41, 5.74) is 0.545. The van der Waals surface area contributed by atoms with Gasteiger partial charge in [0, 0.05) is 31.4 Å². The maximum atomic E-state index is 13.5. The highest BCUT2D eigenvalue weighted by Gasteiger charge is 2.24. The summed E-state index contributed by atoms with van der Waals surface area (Å²) in [4.78, 5) is 14.1. The number of hydrogen-bond acceptors (Lipinski definition) is 3. The molecule has 0 aliphatic heterocycles. The second kappa shape index (κ2) is 8.33. The molecule has 4 nitrogen and oxygen atoms in total. The Balaban J connectivity index is 1.96. The van der Waals surface area contributed by atoms with Gasteiger partial charge in [0.2, 0.25) is 0 Å². The summed E-state index contributed by atoms with van der Waals surface area (Å²) >= 11 is 0. The number of carbonyl (C=O) groups excluding carboxylic acids is 1. The zero-order valence-electron chi connectivity index (χ0n) is 13.4. The second-order valence-electron chi connectivity index (χ2n) is 5.85. The van der Waals surface area contributed by atoms with Crippen molar-refractivity contribution in [3.05, 3.63) is 47.4 Å². The summed E-state index contributed by atoms with van der Waals surface area (Å²) < 4.78 is 13.5. The van der Waals surface area contributed by atoms with Crippen molar-refractivity contribution in [2.75, 3.05) is 7.05 Å². The van der Waals surface area contributed by atoms with E-state index < -0.39 is 0 Å². The molecule has 122 valence electrons. The third-order valence-corrected chi connectivity index (χ3v) is 4.29. The van der Waals surface area contributed by atoms with E-state index in [2.05, 4.69) is 5.32 Å². The number of amides is 1. The van der Waals surface area contributed by atoms with Crippen LogP contribution in [0.4, 0.5) is 4.39 Å². The Kier molecular flexibility index (Phi) is 6.16. The Morgan fingerprint density at radius 1 is 1.39 bits per heavy atom. The standard InChI is InChI=1S/C18H22FN3O/c1-22(16-8-3-2-4-9-16)18(23)15(11-20)13-21-12-14-7-5-6-10-17(14)19/h5-7,10,13,16,21H,2-4,8-9,12H2,1H3/b15-13-. The number of rotatable bonds is 5. The van der Waals surface area contributed by atoms with Crippen molar-refractivity contribution >= 4 is 5.91 Å². The third kappa shape index (κ3) is 4.56. The summed E-state index contributed by atoms with van der Waals surface area (Å²) in [5, 5.41) is 12.1. The maximum absolute atomic E-state index is 13.5. The molecule has 1 fully saturated rings. The van der Waals surface area contributed by atoms with Gasteiger partial charge in [0.15, 0.2) is 0 Å². The van der Waals surface area contributed by atoms with Gasteiger partial charge < -0.3 is 10.2 Å². The quantitative estimate of drug-likeness (QED) is 0.671. The van der Waals surface area contributed by atoms with Gasteiger partial charge in [0.25, 0.3) is 5.91 Å². The van der Waals surface area contributed by atoms with Crippen molar-refractivity contribution in [1.82, 2.24) is 10.2 Å². The van der Waals surface area contributed by atoms with Gasteiger partial charge in [-0.15, -0.1) is 0 Å². The molecule has 1 saturated carbocycles. The molecule has 1 aromatic rings. The van der Waals surface area contributed by atoms with Crippen LogP contribution in [-0.4, -0.2) is 23.9 Å². The van der Waals surface area contributed by atoms with Crippen LogP contribution in [0.1, 0.15) is 37.7 Å². The first-order valence-electron chi connectivity index (χ1n) is 7.97. The lowest BCUT2D eigenvalue weighted by Crippen LogP contribution is -2.39. The first kappa shape index (κ1) is 17.0. The molecule has 1 aromatic carbocycles. The first-order chi connectivity index (χ1) is 11.1. The van der Waals surface area contributed by atoms with Gasteiger partial charge in [-0.2, -0.15) is 5.26 Å². The topological polar surface area (TPSA) is 56.1 Å². The molecule has 1 amide bonds. The number of halogens is 1. The predicted molar refractivity (Wildman–Crippen MR) is 86.6 cm³/mol. The Labute approximate surface area is 136 Å². The van der Waals surface area contributed by atoms with Crippen molar-refractivity contribution < 1.29 is 9.18 Å². The number of carbonyl (C=O) groups is 1. The van der Waals surface area contributed by atoms with E-state index in [4.69, 9.17) is 0 Å². The van der Waals surface area contributed by atoms with Crippen molar-refractivity contribution in [1.29, 1.82) is 5.26 Å². The summed E-state index contributed by atoms with van der Waals surface area (Å²) in [7, 11) is 1.75. The molecule has 0 unspecified atom stereocenters. The minimum atomic E-state index is -0.308. The largest absolute Gasteiger partial charge is 0.385 e. The van der Waals surface area contributed by atoms with E-state index in [-0.39, 0.29) is 29.9 Å². The van der Waals surface area contributed by atoms with Gasteiger partial charge in [0.05, 0.1) is 0 Å². The normalized spacial score (nSPS) is 15.8. The Hall–Kier alpha value is -2.35. The minimum Gasteiger partial charge on any atom is -0.385 e.